The SMILES string of the molecule is CC(C)COC(=O)N1CCC(C(CC#N)n2cc(C(N)=O)c(Nc3ccc(F)cc3)n2)CC1. The average molecular weight is 457 g/mol. The number of nitrogens with one attached hydrogen (secondary N) is 1. The van der Waals surface area contributed by atoms with Crippen molar-refractivity contribution in [3.8, 4) is 6.07 Å². The van der Waals surface area contributed by atoms with Crippen molar-refractivity contribution in [2.75, 3.05) is 25.0 Å². The van der Waals surface area contributed by atoms with E-state index in [4.69, 9.17) is 10.5 Å². The summed E-state index contributed by atoms with van der Waals surface area (Å²) in [7, 11) is 0. The molecule has 0 spiro atoms. The van der Waals surface area contributed by atoms with Gasteiger partial charge >= 0.3 is 6.09 Å². The summed E-state index contributed by atoms with van der Waals surface area (Å²) in [5.41, 5.74) is 6.27. The number of carbonyl (C=O) groups is 2. The Morgan fingerprint density at radius 1 is 1.30 bits per heavy atom. The first kappa shape index (κ1) is 24.0. The summed E-state index contributed by atoms with van der Waals surface area (Å²) >= 11 is 0. The van der Waals surface area contributed by atoms with Crippen molar-refractivity contribution in [2.24, 2.45) is 17.6 Å². The van der Waals surface area contributed by atoms with E-state index in [0.29, 0.717) is 38.2 Å². The summed E-state index contributed by atoms with van der Waals surface area (Å²) < 4.78 is 20.1. The number of likely N-dealkylation sites (tertiary alicyclic amines) is 1. The molecule has 1 unspecified atom stereocenters. The van der Waals surface area contributed by atoms with E-state index in [1.807, 2.05) is 13.8 Å². The topological polar surface area (TPSA) is 126 Å². The first-order valence-corrected chi connectivity index (χ1v) is 11.0. The number of amides is 2. The summed E-state index contributed by atoms with van der Waals surface area (Å²) in [4.78, 5) is 25.9. The van der Waals surface area contributed by atoms with E-state index in [1.54, 1.807) is 15.8 Å². The zero-order valence-corrected chi connectivity index (χ0v) is 18.8. The van der Waals surface area contributed by atoms with Gasteiger partial charge in [-0.2, -0.15) is 10.4 Å². The predicted octanol–water partition coefficient (Wildman–Crippen LogP) is 3.82. The van der Waals surface area contributed by atoms with Crippen LogP contribution < -0.4 is 11.1 Å². The smallest absolute Gasteiger partial charge is 0.409 e. The lowest BCUT2D eigenvalue weighted by molar-refractivity contribution is 0.0727. The number of aromatic nitrogens is 2. The lowest BCUT2D eigenvalue weighted by Crippen LogP contribution is -2.41. The Labute approximate surface area is 192 Å². The van der Waals surface area contributed by atoms with E-state index in [2.05, 4.69) is 16.5 Å². The molecule has 2 aromatic rings. The molecule has 1 aromatic carbocycles. The zero-order chi connectivity index (χ0) is 24.0. The van der Waals surface area contributed by atoms with Gasteiger partial charge in [-0.05, 0) is 48.9 Å². The normalized spacial score (nSPS) is 15.2. The molecule has 1 aromatic heterocycles. The average Bonchev–Trinajstić information content (AvgIpc) is 3.21. The highest BCUT2D eigenvalue weighted by atomic mass is 19.1. The summed E-state index contributed by atoms with van der Waals surface area (Å²) in [5.74, 6) is -0.452. The van der Waals surface area contributed by atoms with Crippen LogP contribution in [-0.2, 0) is 4.74 Å². The van der Waals surface area contributed by atoms with Crippen molar-refractivity contribution >= 4 is 23.5 Å². The number of rotatable bonds is 8. The Kier molecular flexibility index (Phi) is 7.87. The number of carbonyl (C=O) groups excluding carboxylic acids is 2. The summed E-state index contributed by atoms with van der Waals surface area (Å²) in [6.45, 7) is 5.39. The third-order valence-electron chi connectivity index (χ3n) is 5.63. The molecule has 9 nitrogen and oxygen atoms in total. The summed E-state index contributed by atoms with van der Waals surface area (Å²) in [6, 6.07) is 7.56. The molecule has 176 valence electrons. The number of nitrogens with zero attached hydrogens (tertiary/aromatic N) is 4. The van der Waals surface area contributed by atoms with Gasteiger partial charge < -0.3 is 20.7 Å². The van der Waals surface area contributed by atoms with Crippen LogP contribution in [0.4, 0.5) is 20.7 Å². The second-order valence-electron chi connectivity index (χ2n) is 8.59. The molecule has 1 aliphatic rings. The number of hydrogen-bond donors (Lipinski definition) is 2. The number of nitrogens with two attached hydrogens (primary N) is 1. The third kappa shape index (κ3) is 6.22. The van der Waals surface area contributed by atoms with Gasteiger partial charge in [-0.25, -0.2) is 9.18 Å². The Morgan fingerprint density at radius 3 is 2.55 bits per heavy atom. The molecule has 3 rings (SSSR count). The minimum Gasteiger partial charge on any atom is -0.449 e. The Morgan fingerprint density at radius 2 is 1.97 bits per heavy atom. The Balaban J connectivity index is 1.74. The number of primary amides is 1. The lowest BCUT2D eigenvalue weighted by atomic mass is 9.88. The van der Waals surface area contributed by atoms with Crippen LogP contribution in [0.5, 0.6) is 0 Å². The van der Waals surface area contributed by atoms with Gasteiger partial charge in [0.05, 0.1) is 25.1 Å². The second-order valence-corrected chi connectivity index (χ2v) is 8.59. The minimum absolute atomic E-state index is 0.0816. The lowest BCUT2D eigenvalue weighted by Gasteiger charge is -2.35. The molecule has 2 heterocycles. The van der Waals surface area contributed by atoms with Crippen LogP contribution in [0.1, 0.15) is 49.5 Å². The third-order valence-corrected chi connectivity index (χ3v) is 5.63. The van der Waals surface area contributed by atoms with Gasteiger partial charge in [0.1, 0.15) is 11.4 Å². The highest BCUT2D eigenvalue weighted by molar-refractivity contribution is 5.98. The molecule has 1 fully saturated rings. The Bertz CT molecular complexity index is 1010. The molecule has 10 heteroatoms. The van der Waals surface area contributed by atoms with E-state index < -0.39 is 5.91 Å². The predicted molar refractivity (Wildman–Crippen MR) is 120 cm³/mol. The van der Waals surface area contributed by atoms with E-state index >= 15 is 0 Å². The monoisotopic (exact) mass is 456 g/mol. The van der Waals surface area contributed by atoms with Crippen LogP contribution in [-0.4, -0.2) is 46.4 Å². The number of ether oxygens (including phenoxy) is 1. The fourth-order valence-electron chi connectivity index (χ4n) is 3.87. The van der Waals surface area contributed by atoms with E-state index in [1.165, 1.54) is 24.3 Å². The highest BCUT2D eigenvalue weighted by Gasteiger charge is 2.31. The number of halogens is 1. The standard InChI is InChI=1S/C23H29FN6O3/c1-15(2)14-33-23(32)29-11-8-16(9-12-29)20(7-10-25)30-13-19(21(26)31)22(28-30)27-18-5-3-17(24)4-6-18/h3-6,13,15-16,20H,7-9,11-12,14H2,1-2H3,(H2,26,31)(H,27,28). The van der Waals surface area contributed by atoms with Gasteiger partial charge in [-0.15, -0.1) is 0 Å². The van der Waals surface area contributed by atoms with Crippen LogP contribution in [0.3, 0.4) is 0 Å². The van der Waals surface area contributed by atoms with Crippen molar-refractivity contribution in [1.82, 2.24) is 14.7 Å². The van der Waals surface area contributed by atoms with Gasteiger partial charge in [0, 0.05) is 25.0 Å². The fraction of sp³-hybridized carbons (Fsp3) is 0.478. The Hall–Kier alpha value is -3.61. The van der Waals surface area contributed by atoms with E-state index in [-0.39, 0.29) is 47.6 Å². The molecule has 0 aliphatic carbocycles. The van der Waals surface area contributed by atoms with Gasteiger partial charge in [-0.3, -0.25) is 9.48 Å². The second kappa shape index (κ2) is 10.8. The number of anilines is 2. The van der Waals surface area contributed by atoms with Crippen molar-refractivity contribution in [3.63, 3.8) is 0 Å². The molecule has 0 saturated carbocycles. The van der Waals surface area contributed by atoms with Gasteiger partial charge in [-0.1, -0.05) is 13.8 Å². The van der Waals surface area contributed by atoms with Crippen LogP contribution in [0.25, 0.3) is 0 Å². The van der Waals surface area contributed by atoms with Crippen molar-refractivity contribution < 1.29 is 18.7 Å². The minimum atomic E-state index is -0.663. The molecule has 1 atom stereocenters. The number of piperidine rings is 1. The molecule has 33 heavy (non-hydrogen) atoms. The highest BCUT2D eigenvalue weighted by Crippen LogP contribution is 2.33. The van der Waals surface area contributed by atoms with Crippen molar-refractivity contribution in [2.45, 2.75) is 39.2 Å². The van der Waals surface area contributed by atoms with Gasteiger partial charge in [0.2, 0.25) is 0 Å². The molecule has 0 radical (unpaired) electrons. The van der Waals surface area contributed by atoms with Crippen LogP contribution in [0.2, 0.25) is 0 Å². The largest absolute Gasteiger partial charge is 0.449 e. The van der Waals surface area contributed by atoms with Crippen LogP contribution >= 0.6 is 0 Å². The summed E-state index contributed by atoms with van der Waals surface area (Å²) in [6.07, 6.45) is 2.77. The quantitative estimate of drug-likeness (QED) is 0.622. The molecule has 3 N–H and O–H groups in total. The first-order valence-electron chi connectivity index (χ1n) is 11.0. The summed E-state index contributed by atoms with van der Waals surface area (Å²) in [5, 5.41) is 16.9. The fourth-order valence-corrected chi connectivity index (χ4v) is 3.87. The molecule has 0 bridgehead atoms. The molecular formula is C23H29FN6O3. The maximum atomic E-state index is 13.2. The number of nitriles is 1. The van der Waals surface area contributed by atoms with Gasteiger partial charge in [0.15, 0.2) is 5.82 Å². The maximum Gasteiger partial charge on any atom is 0.409 e. The molecule has 2 amide bonds. The van der Waals surface area contributed by atoms with Crippen molar-refractivity contribution in [1.29, 1.82) is 5.26 Å². The van der Waals surface area contributed by atoms with Crippen LogP contribution in [0, 0.1) is 29.0 Å². The molecular weight excluding hydrogens is 427 g/mol. The van der Waals surface area contributed by atoms with E-state index in [9.17, 15) is 19.2 Å². The zero-order valence-electron chi connectivity index (χ0n) is 18.8. The van der Waals surface area contributed by atoms with Gasteiger partial charge in [0.25, 0.3) is 5.91 Å². The van der Waals surface area contributed by atoms with Crippen molar-refractivity contribution in [3.05, 3.63) is 41.8 Å². The van der Waals surface area contributed by atoms with E-state index in [0.717, 1.165) is 0 Å². The number of hydrogen-bond acceptors (Lipinski definition) is 6. The molecule has 1 saturated heterocycles. The van der Waals surface area contributed by atoms with Crippen LogP contribution in [0.15, 0.2) is 30.5 Å². The molecule has 1 aliphatic heterocycles. The number of benzene rings is 1. The maximum absolute atomic E-state index is 13.2. The first-order chi connectivity index (χ1) is 15.8.